The lowest BCUT2D eigenvalue weighted by Crippen LogP contribution is -2.44. The van der Waals surface area contributed by atoms with Gasteiger partial charge in [0.25, 0.3) is 0 Å². The topological polar surface area (TPSA) is 61.4 Å². The van der Waals surface area contributed by atoms with E-state index in [0.29, 0.717) is 13.1 Å². The molecule has 2 amide bonds. The Morgan fingerprint density at radius 1 is 1.60 bits per heavy atom. The third-order valence-corrected chi connectivity index (χ3v) is 2.19. The van der Waals surface area contributed by atoms with Gasteiger partial charge in [0, 0.05) is 12.6 Å². The van der Waals surface area contributed by atoms with Gasteiger partial charge >= 0.3 is 0 Å². The summed E-state index contributed by atoms with van der Waals surface area (Å²) in [5.41, 5.74) is 0. The van der Waals surface area contributed by atoms with Crippen molar-refractivity contribution in [3.63, 3.8) is 0 Å². The fourth-order valence-corrected chi connectivity index (χ4v) is 1.53. The summed E-state index contributed by atoms with van der Waals surface area (Å²) >= 11 is 0. The number of carbonyl (C=O) groups excluding carboxylic acids is 2. The van der Waals surface area contributed by atoms with Gasteiger partial charge < -0.3 is 15.5 Å². The van der Waals surface area contributed by atoms with Crippen LogP contribution in [0.1, 0.15) is 20.3 Å². The SMILES string of the molecule is CC(C)NC(=O)CN1CCCNCC1=O. The van der Waals surface area contributed by atoms with Crippen molar-refractivity contribution >= 4 is 11.8 Å². The lowest BCUT2D eigenvalue weighted by Gasteiger charge is -2.20. The number of hydrogen-bond acceptors (Lipinski definition) is 3. The molecule has 1 heterocycles. The molecule has 0 radical (unpaired) electrons. The third kappa shape index (κ3) is 4.29. The maximum absolute atomic E-state index is 11.5. The van der Waals surface area contributed by atoms with E-state index in [-0.39, 0.29) is 24.4 Å². The van der Waals surface area contributed by atoms with E-state index in [1.54, 1.807) is 4.90 Å². The van der Waals surface area contributed by atoms with Crippen molar-refractivity contribution in [1.82, 2.24) is 15.5 Å². The van der Waals surface area contributed by atoms with Crippen molar-refractivity contribution in [2.24, 2.45) is 0 Å². The van der Waals surface area contributed by atoms with E-state index >= 15 is 0 Å². The second kappa shape index (κ2) is 5.70. The summed E-state index contributed by atoms with van der Waals surface area (Å²) in [6, 6.07) is 0.123. The van der Waals surface area contributed by atoms with Crippen LogP contribution < -0.4 is 10.6 Å². The molecule has 5 heteroatoms. The molecule has 1 fully saturated rings. The summed E-state index contributed by atoms with van der Waals surface area (Å²) in [6.07, 6.45) is 0.903. The highest BCUT2D eigenvalue weighted by Crippen LogP contribution is 1.96. The van der Waals surface area contributed by atoms with Crippen LogP contribution in [0.2, 0.25) is 0 Å². The second-order valence-electron chi connectivity index (χ2n) is 4.07. The molecule has 0 aromatic carbocycles. The summed E-state index contributed by atoms with van der Waals surface area (Å²) in [4.78, 5) is 24.6. The average molecular weight is 213 g/mol. The molecule has 1 saturated heterocycles. The monoisotopic (exact) mass is 213 g/mol. The predicted molar refractivity (Wildman–Crippen MR) is 57.3 cm³/mol. The Kier molecular flexibility index (Phi) is 4.55. The second-order valence-corrected chi connectivity index (χ2v) is 4.07. The summed E-state index contributed by atoms with van der Waals surface area (Å²) in [7, 11) is 0. The molecule has 1 aliphatic heterocycles. The standard InChI is InChI=1S/C10H19N3O2/c1-8(2)12-9(14)7-13-5-3-4-11-6-10(13)15/h8,11H,3-7H2,1-2H3,(H,12,14). The predicted octanol–water partition coefficient (Wildman–Crippen LogP) is -0.667. The Labute approximate surface area is 90.2 Å². The minimum Gasteiger partial charge on any atom is -0.352 e. The van der Waals surface area contributed by atoms with E-state index in [0.717, 1.165) is 13.0 Å². The Balaban J connectivity index is 2.41. The summed E-state index contributed by atoms with van der Waals surface area (Å²) in [6.45, 7) is 5.84. The smallest absolute Gasteiger partial charge is 0.239 e. The molecule has 0 bridgehead atoms. The van der Waals surface area contributed by atoms with Gasteiger partial charge in [-0.3, -0.25) is 9.59 Å². The normalized spacial score (nSPS) is 17.8. The molecule has 0 aliphatic carbocycles. The highest BCUT2D eigenvalue weighted by Gasteiger charge is 2.18. The molecule has 15 heavy (non-hydrogen) atoms. The maximum Gasteiger partial charge on any atom is 0.239 e. The lowest BCUT2D eigenvalue weighted by molar-refractivity contribution is -0.135. The molecule has 2 N–H and O–H groups in total. The fraction of sp³-hybridized carbons (Fsp3) is 0.800. The van der Waals surface area contributed by atoms with Crippen LogP contribution >= 0.6 is 0 Å². The minimum atomic E-state index is -0.0831. The molecule has 0 atom stereocenters. The number of carbonyl (C=O) groups is 2. The van der Waals surface area contributed by atoms with Crippen LogP contribution in [0.4, 0.5) is 0 Å². The largest absolute Gasteiger partial charge is 0.352 e. The Bertz CT molecular complexity index is 241. The number of rotatable bonds is 3. The molecule has 0 unspecified atom stereocenters. The molecule has 0 saturated carbocycles. The van der Waals surface area contributed by atoms with Gasteiger partial charge in [-0.1, -0.05) is 0 Å². The first-order chi connectivity index (χ1) is 7.09. The molecule has 1 aliphatic rings. The minimum absolute atomic E-state index is 0.00593. The van der Waals surface area contributed by atoms with E-state index in [2.05, 4.69) is 10.6 Å². The van der Waals surface area contributed by atoms with Gasteiger partial charge in [0.1, 0.15) is 0 Å². The summed E-state index contributed by atoms with van der Waals surface area (Å²) in [5, 5.41) is 5.80. The van der Waals surface area contributed by atoms with Crippen LogP contribution in [0.15, 0.2) is 0 Å². The number of nitrogens with zero attached hydrogens (tertiary/aromatic N) is 1. The molecule has 0 spiro atoms. The van der Waals surface area contributed by atoms with Crippen molar-refractivity contribution in [3.05, 3.63) is 0 Å². The highest BCUT2D eigenvalue weighted by molar-refractivity contribution is 5.85. The zero-order chi connectivity index (χ0) is 11.3. The van der Waals surface area contributed by atoms with Crippen LogP contribution in [-0.2, 0) is 9.59 Å². The molecule has 0 aromatic rings. The Morgan fingerprint density at radius 3 is 3.00 bits per heavy atom. The third-order valence-electron chi connectivity index (χ3n) is 2.19. The van der Waals surface area contributed by atoms with Gasteiger partial charge in [0.15, 0.2) is 0 Å². The number of hydrogen-bond donors (Lipinski definition) is 2. The van der Waals surface area contributed by atoms with Crippen molar-refractivity contribution in [3.8, 4) is 0 Å². The Hall–Kier alpha value is -1.10. The van der Waals surface area contributed by atoms with E-state index < -0.39 is 0 Å². The van der Waals surface area contributed by atoms with Gasteiger partial charge in [0.05, 0.1) is 13.1 Å². The van der Waals surface area contributed by atoms with E-state index in [1.165, 1.54) is 0 Å². The highest BCUT2D eigenvalue weighted by atomic mass is 16.2. The lowest BCUT2D eigenvalue weighted by atomic mass is 10.3. The maximum atomic E-state index is 11.5. The summed E-state index contributed by atoms with van der Waals surface area (Å²) < 4.78 is 0. The van der Waals surface area contributed by atoms with Crippen LogP contribution in [0, 0.1) is 0 Å². The van der Waals surface area contributed by atoms with Gasteiger partial charge in [0.2, 0.25) is 11.8 Å². The zero-order valence-corrected chi connectivity index (χ0v) is 9.38. The van der Waals surface area contributed by atoms with E-state index in [9.17, 15) is 9.59 Å². The van der Waals surface area contributed by atoms with Gasteiger partial charge in [-0.2, -0.15) is 0 Å². The van der Waals surface area contributed by atoms with Crippen molar-refractivity contribution in [1.29, 1.82) is 0 Å². The van der Waals surface area contributed by atoms with Crippen LogP contribution in [-0.4, -0.2) is 48.9 Å². The van der Waals surface area contributed by atoms with Gasteiger partial charge in [-0.25, -0.2) is 0 Å². The molecular weight excluding hydrogens is 194 g/mol. The van der Waals surface area contributed by atoms with Crippen LogP contribution in [0.25, 0.3) is 0 Å². The summed E-state index contributed by atoms with van der Waals surface area (Å²) in [5.74, 6) is -0.0772. The molecular formula is C10H19N3O2. The van der Waals surface area contributed by atoms with Crippen molar-refractivity contribution in [2.75, 3.05) is 26.2 Å². The molecule has 86 valence electrons. The fourth-order valence-electron chi connectivity index (χ4n) is 1.53. The quantitative estimate of drug-likeness (QED) is 0.654. The van der Waals surface area contributed by atoms with E-state index in [1.807, 2.05) is 13.8 Å². The number of amides is 2. The zero-order valence-electron chi connectivity index (χ0n) is 9.38. The number of nitrogens with one attached hydrogen (secondary N) is 2. The molecule has 1 rings (SSSR count). The van der Waals surface area contributed by atoms with Crippen LogP contribution in [0.5, 0.6) is 0 Å². The van der Waals surface area contributed by atoms with Gasteiger partial charge in [-0.15, -0.1) is 0 Å². The van der Waals surface area contributed by atoms with Crippen LogP contribution in [0.3, 0.4) is 0 Å². The average Bonchev–Trinajstić information content (AvgIpc) is 2.30. The first kappa shape index (κ1) is 12.0. The Morgan fingerprint density at radius 2 is 2.33 bits per heavy atom. The van der Waals surface area contributed by atoms with E-state index in [4.69, 9.17) is 0 Å². The van der Waals surface area contributed by atoms with Crippen molar-refractivity contribution < 1.29 is 9.59 Å². The molecule has 0 aromatic heterocycles. The van der Waals surface area contributed by atoms with Gasteiger partial charge in [-0.05, 0) is 26.8 Å². The first-order valence-corrected chi connectivity index (χ1v) is 5.37. The first-order valence-electron chi connectivity index (χ1n) is 5.37. The van der Waals surface area contributed by atoms with Crippen molar-refractivity contribution in [2.45, 2.75) is 26.3 Å². The molecule has 5 nitrogen and oxygen atoms in total.